The first-order valence-corrected chi connectivity index (χ1v) is 9.07. The van der Waals surface area contributed by atoms with Crippen LogP contribution in [0.15, 0.2) is 54.7 Å². The van der Waals surface area contributed by atoms with Crippen molar-refractivity contribution in [3.8, 4) is 5.69 Å². The molecule has 7 nitrogen and oxygen atoms in total. The zero-order valence-electron chi connectivity index (χ0n) is 15.2. The Morgan fingerprint density at radius 2 is 2.00 bits per heavy atom. The second-order valence-electron chi connectivity index (χ2n) is 6.39. The first-order valence-electron chi connectivity index (χ1n) is 8.70. The monoisotopic (exact) mass is 434 g/mol. The van der Waals surface area contributed by atoms with Gasteiger partial charge in [0.15, 0.2) is 5.69 Å². The maximum absolute atomic E-state index is 13.2. The minimum Gasteiger partial charge on any atom is -0.332 e. The van der Waals surface area contributed by atoms with Crippen molar-refractivity contribution in [2.75, 3.05) is 5.32 Å². The van der Waals surface area contributed by atoms with Crippen molar-refractivity contribution in [3.05, 3.63) is 71.1 Å². The molecule has 0 atom stereocenters. The second kappa shape index (κ2) is 7.71. The number of H-pyrrole nitrogens is 1. The molecule has 0 spiro atoms. The van der Waals surface area contributed by atoms with E-state index in [0.717, 1.165) is 21.7 Å². The van der Waals surface area contributed by atoms with Crippen molar-refractivity contribution in [2.45, 2.75) is 12.7 Å². The molecule has 154 valence electrons. The van der Waals surface area contributed by atoms with Crippen molar-refractivity contribution in [3.63, 3.8) is 0 Å². The highest BCUT2D eigenvalue weighted by molar-refractivity contribution is 6.30. The van der Waals surface area contributed by atoms with E-state index in [0.29, 0.717) is 16.4 Å². The van der Waals surface area contributed by atoms with E-state index in [-0.39, 0.29) is 12.2 Å². The molecule has 0 aliphatic carbocycles. The summed E-state index contributed by atoms with van der Waals surface area (Å²) in [4.78, 5) is 12.2. The number of aromatic nitrogens is 4. The molecule has 0 saturated heterocycles. The number of hydrogen-bond donors (Lipinski definition) is 3. The summed E-state index contributed by atoms with van der Waals surface area (Å²) in [6.07, 6.45) is -2.98. The van der Waals surface area contributed by atoms with Crippen LogP contribution in [0.1, 0.15) is 11.4 Å². The highest BCUT2D eigenvalue weighted by Gasteiger charge is 2.35. The average molecular weight is 435 g/mol. The largest absolute Gasteiger partial charge is 0.435 e. The smallest absolute Gasteiger partial charge is 0.332 e. The van der Waals surface area contributed by atoms with Crippen LogP contribution in [0.2, 0.25) is 5.02 Å². The minimum atomic E-state index is -4.62. The highest BCUT2D eigenvalue weighted by Crippen LogP contribution is 2.30. The summed E-state index contributed by atoms with van der Waals surface area (Å²) in [5.41, 5.74) is 0.665. The Hall–Kier alpha value is -3.53. The van der Waals surface area contributed by atoms with Gasteiger partial charge in [0.25, 0.3) is 0 Å². The number of halogens is 4. The molecule has 0 aliphatic rings. The van der Waals surface area contributed by atoms with E-state index in [1.165, 1.54) is 6.07 Å². The van der Waals surface area contributed by atoms with E-state index in [1.807, 2.05) is 0 Å². The molecular formula is C19H14ClF3N6O. The first-order chi connectivity index (χ1) is 14.3. The summed E-state index contributed by atoms with van der Waals surface area (Å²) in [7, 11) is 0. The number of hydrogen-bond acceptors (Lipinski definition) is 3. The molecule has 3 N–H and O–H groups in total. The van der Waals surface area contributed by atoms with E-state index < -0.39 is 17.9 Å². The quantitative estimate of drug-likeness (QED) is 0.433. The van der Waals surface area contributed by atoms with Crippen LogP contribution in [-0.2, 0) is 12.7 Å². The lowest BCUT2D eigenvalue weighted by Gasteiger charge is -2.10. The van der Waals surface area contributed by atoms with Gasteiger partial charge in [-0.2, -0.15) is 23.4 Å². The molecule has 2 aromatic heterocycles. The van der Waals surface area contributed by atoms with Crippen molar-refractivity contribution < 1.29 is 18.0 Å². The fraction of sp³-hybridized carbons (Fsp3) is 0.105. The summed E-state index contributed by atoms with van der Waals surface area (Å²) < 4.78 is 40.6. The van der Waals surface area contributed by atoms with E-state index in [9.17, 15) is 18.0 Å². The van der Waals surface area contributed by atoms with Crippen molar-refractivity contribution in [1.82, 2.24) is 25.3 Å². The van der Waals surface area contributed by atoms with Gasteiger partial charge in [0.1, 0.15) is 0 Å². The molecule has 0 radical (unpaired) electrons. The van der Waals surface area contributed by atoms with Gasteiger partial charge in [0.05, 0.1) is 29.6 Å². The lowest BCUT2D eigenvalue weighted by molar-refractivity contribution is -0.141. The molecule has 0 aliphatic heterocycles. The van der Waals surface area contributed by atoms with Crippen molar-refractivity contribution in [2.24, 2.45) is 0 Å². The molecule has 0 unspecified atom stereocenters. The molecule has 4 aromatic rings. The fourth-order valence-electron chi connectivity index (χ4n) is 2.88. The number of nitrogens with one attached hydrogen (secondary N) is 3. The number of amides is 2. The fourth-order valence-corrected chi connectivity index (χ4v) is 3.06. The van der Waals surface area contributed by atoms with Gasteiger partial charge in [-0.25, -0.2) is 9.48 Å². The standard InChI is InChI=1S/C19H14ClF3N6O/c20-12-2-1-3-14(6-12)29-15(8-17(28-29)19(21,22)23)10-24-18(30)26-13-5-4-11-9-25-27-16(11)7-13/h1-9H,10H2,(H,25,27)(H2,24,26,30). The zero-order valence-corrected chi connectivity index (χ0v) is 15.9. The third-order valence-electron chi connectivity index (χ3n) is 4.26. The van der Waals surface area contributed by atoms with Crippen molar-refractivity contribution in [1.29, 1.82) is 0 Å². The summed E-state index contributed by atoms with van der Waals surface area (Å²) in [6, 6.07) is 11.7. The normalized spacial score (nSPS) is 11.6. The number of nitrogens with zero attached hydrogens (tertiary/aromatic N) is 3. The molecular weight excluding hydrogens is 421 g/mol. The number of fused-ring (bicyclic) bond motifs is 1. The van der Waals surface area contributed by atoms with Crippen LogP contribution >= 0.6 is 11.6 Å². The summed E-state index contributed by atoms with van der Waals surface area (Å²) >= 11 is 5.94. The number of alkyl halides is 3. The molecule has 2 amide bonds. The Kier molecular flexibility index (Phi) is 5.08. The number of anilines is 1. The Balaban J connectivity index is 1.52. The van der Waals surface area contributed by atoms with Gasteiger partial charge in [0, 0.05) is 16.1 Å². The van der Waals surface area contributed by atoms with Gasteiger partial charge in [-0.05, 0) is 42.5 Å². The molecule has 11 heteroatoms. The summed E-state index contributed by atoms with van der Waals surface area (Å²) in [5, 5.41) is 16.7. The molecule has 2 aromatic carbocycles. The van der Waals surface area contributed by atoms with Crippen LogP contribution in [0.4, 0.5) is 23.7 Å². The van der Waals surface area contributed by atoms with Crippen LogP contribution in [-0.4, -0.2) is 26.0 Å². The zero-order chi connectivity index (χ0) is 21.3. The molecule has 2 heterocycles. The lowest BCUT2D eigenvalue weighted by atomic mass is 10.2. The molecule has 0 bridgehead atoms. The van der Waals surface area contributed by atoms with Gasteiger partial charge in [-0.3, -0.25) is 5.10 Å². The van der Waals surface area contributed by atoms with Crippen molar-refractivity contribution >= 4 is 34.2 Å². The third-order valence-corrected chi connectivity index (χ3v) is 4.49. The summed E-state index contributed by atoms with van der Waals surface area (Å²) in [5.74, 6) is 0. The Labute approximate surface area is 172 Å². The van der Waals surface area contributed by atoms with Gasteiger partial charge >= 0.3 is 12.2 Å². The average Bonchev–Trinajstić information content (AvgIpc) is 3.32. The van der Waals surface area contributed by atoms with Crippen LogP contribution in [0.5, 0.6) is 0 Å². The lowest BCUT2D eigenvalue weighted by Crippen LogP contribution is -2.29. The van der Waals surface area contributed by atoms with Gasteiger partial charge in [0.2, 0.25) is 0 Å². The second-order valence-corrected chi connectivity index (χ2v) is 6.83. The number of carbonyl (C=O) groups is 1. The van der Waals surface area contributed by atoms with E-state index in [1.54, 1.807) is 42.6 Å². The minimum absolute atomic E-state index is 0.142. The first kappa shape index (κ1) is 19.8. The van der Waals surface area contributed by atoms with Crippen LogP contribution < -0.4 is 10.6 Å². The predicted octanol–water partition coefficient (Wildman–Crippen LogP) is 4.74. The molecule has 0 fully saturated rings. The molecule has 30 heavy (non-hydrogen) atoms. The van der Waals surface area contributed by atoms with Gasteiger partial charge < -0.3 is 10.6 Å². The Bertz CT molecular complexity index is 1220. The number of carbonyl (C=O) groups excluding carboxylic acids is 1. The van der Waals surface area contributed by atoms with Gasteiger partial charge in [-0.1, -0.05) is 17.7 Å². The maximum atomic E-state index is 13.2. The molecule has 4 rings (SSSR count). The Morgan fingerprint density at radius 1 is 1.17 bits per heavy atom. The van der Waals surface area contributed by atoms with Crippen LogP contribution in [0.25, 0.3) is 16.6 Å². The van der Waals surface area contributed by atoms with Crippen LogP contribution in [0, 0.1) is 0 Å². The van der Waals surface area contributed by atoms with E-state index in [4.69, 9.17) is 11.6 Å². The SMILES string of the molecule is O=C(NCc1cc(C(F)(F)F)nn1-c1cccc(Cl)c1)Nc1ccc2cn[nH]c2c1. The predicted molar refractivity (Wildman–Crippen MR) is 106 cm³/mol. The number of benzene rings is 2. The van der Waals surface area contributed by atoms with Gasteiger partial charge in [-0.15, -0.1) is 0 Å². The summed E-state index contributed by atoms with van der Waals surface area (Å²) in [6.45, 7) is -0.187. The Morgan fingerprint density at radius 3 is 2.77 bits per heavy atom. The number of rotatable bonds is 4. The highest BCUT2D eigenvalue weighted by atomic mass is 35.5. The molecule has 0 saturated carbocycles. The van der Waals surface area contributed by atoms with E-state index >= 15 is 0 Å². The maximum Gasteiger partial charge on any atom is 0.435 e. The number of aromatic amines is 1. The number of urea groups is 1. The van der Waals surface area contributed by atoms with Crippen LogP contribution in [0.3, 0.4) is 0 Å². The van der Waals surface area contributed by atoms with E-state index in [2.05, 4.69) is 25.9 Å². The topological polar surface area (TPSA) is 87.6 Å². The third kappa shape index (κ3) is 4.23.